The number of esters is 1. The Balaban J connectivity index is 1.57. The van der Waals surface area contributed by atoms with E-state index in [0.717, 1.165) is 24.8 Å². The van der Waals surface area contributed by atoms with Crippen LogP contribution < -0.4 is 5.32 Å². The Kier molecular flexibility index (Phi) is 5.71. The summed E-state index contributed by atoms with van der Waals surface area (Å²) >= 11 is 0. The van der Waals surface area contributed by atoms with Crippen LogP contribution in [-0.2, 0) is 9.53 Å². The summed E-state index contributed by atoms with van der Waals surface area (Å²) < 4.78 is 5.30. The third-order valence-corrected chi connectivity index (χ3v) is 4.96. The van der Waals surface area contributed by atoms with E-state index in [2.05, 4.69) is 22.4 Å². The molecule has 0 spiro atoms. The summed E-state index contributed by atoms with van der Waals surface area (Å²) in [4.78, 5) is 24.6. The van der Waals surface area contributed by atoms with Crippen molar-refractivity contribution in [1.29, 1.82) is 0 Å². The van der Waals surface area contributed by atoms with Gasteiger partial charge in [-0.2, -0.15) is 5.10 Å². The minimum absolute atomic E-state index is 0.161. The van der Waals surface area contributed by atoms with E-state index in [-0.39, 0.29) is 17.6 Å². The second kappa shape index (κ2) is 8.17. The van der Waals surface area contributed by atoms with E-state index < -0.39 is 12.1 Å². The molecular weight excluding hydrogens is 330 g/mol. The fourth-order valence-electron chi connectivity index (χ4n) is 3.29. The molecule has 1 heterocycles. The summed E-state index contributed by atoms with van der Waals surface area (Å²) in [6, 6.07) is 11.3. The Morgan fingerprint density at radius 3 is 2.69 bits per heavy atom. The normalized spacial score (nSPS) is 21.0. The van der Waals surface area contributed by atoms with Crippen LogP contribution in [0.1, 0.15) is 50.0 Å². The average Bonchev–Trinajstić information content (AvgIpc) is 3.14. The van der Waals surface area contributed by atoms with Gasteiger partial charge >= 0.3 is 5.97 Å². The molecule has 1 saturated carbocycles. The predicted octanol–water partition coefficient (Wildman–Crippen LogP) is 3.32. The molecule has 0 unspecified atom stereocenters. The van der Waals surface area contributed by atoms with E-state index >= 15 is 0 Å². The number of aromatic nitrogens is 2. The van der Waals surface area contributed by atoms with Gasteiger partial charge in [0.05, 0.1) is 5.69 Å². The van der Waals surface area contributed by atoms with Crippen molar-refractivity contribution in [3.63, 3.8) is 0 Å². The Morgan fingerprint density at radius 1 is 1.23 bits per heavy atom. The summed E-state index contributed by atoms with van der Waals surface area (Å²) in [5.41, 5.74) is 1.79. The van der Waals surface area contributed by atoms with E-state index in [1.807, 2.05) is 30.3 Å². The monoisotopic (exact) mass is 355 g/mol. The van der Waals surface area contributed by atoms with Gasteiger partial charge in [-0.05, 0) is 31.7 Å². The third kappa shape index (κ3) is 4.31. The van der Waals surface area contributed by atoms with Crippen LogP contribution in [0, 0.1) is 5.92 Å². The van der Waals surface area contributed by atoms with Crippen LogP contribution in [0.25, 0.3) is 11.3 Å². The quantitative estimate of drug-likeness (QED) is 0.806. The first kappa shape index (κ1) is 18.2. The molecule has 6 heteroatoms. The van der Waals surface area contributed by atoms with Crippen molar-refractivity contribution >= 4 is 11.9 Å². The Labute approximate surface area is 153 Å². The number of hydrogen-bond donors (Lipinski definition) is 2. The van der Waals surface area contributed by atoms with E-state index in [9.17, 15) is 9.59 Å². The summed E-state index contributed by atoms with van der Waals surface area (Å²) in [6.45, 7) is 3.74. The molecule has 6 nitrogen and oxygen atoms in total. The van der Waals surface area contributed by atoms with E-state index in [1.165, 1.54) is 6.42 Å². The highest BCUT2D eigenvalue weighted by Crippen LogP contribution is 2.24. The zero-order valence-electron chi connectivity index (χ0n) is 15.2. The molecule has 2 N–H and O–H groups in total. The molecule has 1 aromatic heterocycles. The largest absolute Gasteiger partial charge is 0.448 e. The smallest absolute Gasteiger partial charge is 0.357 e. The van der Waals surface area contributed by atoms with Crippen LogP contribution in [0.3, 0.4) is 0 Å². The van der Waals surface area contributed by atoms with Crippen LogP contribution >= 0.6 is 0 Å². The maximum absolute atomic E-state index is 12.3. The molecule has 1 amide bonds. The maximum atomic E-state index is 12.3. The zero-order chi connectivity index (χ0) is 18.5. The van der Waals surface area contributed by atoms with Crippen LogP contribution in [0.15, 0.2) is 36.4 Å². The van der Waals surface area contributed by atoms with Gasteiger partial charge in [-0.25, -0.2) is 4.79 Å². The van der Waals surface area contributed by atoms with Gasteiger partial charge in [-0.15, -0.1) is 0 Å². The standard InChI is InChI=1S/C20H25N3O3/c1-13-8-6-7-11-16(13)21-19(24)14(2)26-20(25)18-12-17(22-23-18)15-9-4-3-5-10-15/h3-5,9-10,12-14,16H,6-8,11H2,1-2H3,(H,21,24)(H,22,23)/t13-,14+,16+/m0/s1. The molecular formula is C20H25N3O3. The molecule has 1 aromatic carbocycles. The van der Waals surface area contributed by atoms with Gasteiger partial charge < -0.3 is 10.1 Å². The lowest BCUT2D eigenvalue weighted by Gasteiger charge is -2.30. The summed E-state index contributed by atoms with van der Waals surface area (Å²) in [6.07, 6.45) is 3.59. The van der Waals surface area contributed by atoms with Crippen molar-refractivity contribution in [2.24, 2.45) is 5.92 Å². The van der Waals surface area contributed by atoms with Crippen LogP contribution in [0.4, 0.5) is 0 Å². The van der Waals surface area contributed by atoms with Crippen molar-refractivity contribution in [3.05, 3.63) is 42.1 Å². The van der Waals surface area contributed by atoms with Crippen molar-refractivity contribution in [2.45, 2.75) is 51.7 Å². The van der Waals surface area contributed by atoms with Gasteiger partial charge in [0, 0.05) is 11.6 Å². The highest BCUT2D eigenvalue weighted by Gasteiger charge is 2.27. The number of hydrogen-bond acceptors (Lipinski definition) is 4. The van der Waals surface area contributed by atoms with Crippen molar-refractivity contribution < 1.29 is 14.3 Å². The molecule has 2 aromatic rings. The Hall–Kier alpha value is -2.63. The molecule has 3 rings (SSSR count). The average molecular weight is 355 g/mol. The highest BCUT2D eigenvalue weighted by molar-refractivity contribution is 5.91. The Bertz CT molecular complexity index is 757. The third-order valence-electron chi connectivity index (χ3n) is 4.96. The van der Waals surface area contributed by atoms with Crippen LogP contribution in [0.2, 0.25) is 0 Å². The van der Waals surface area contributed by atoms with Crippen LogP contribution in [-0.4, -0.2) is 34.2 Å². The maximum Gasteiger partial charge on any atom is 0.357 e. The number of carbonyl (C=O) groups excluding carboxylic acids is 2. The fraction of sp³-hybridized carbons (Fsp3) is 0.450. The molecule has 0 aliphatic heterocycles. The Morgan fingerprint density at radius 2 is 1.96 bits per heavy atom. The first-order chi connectivity index (χ1) is 12.5. The number of nitrogens with zero attached hydrogens (tertiary/aromatic N) is 1. The molecule has 138 valence electrons. The van der Waals surface area contributed by atoms with E-state index in [0.29, 0.717) is 11.6 Å². The number of benzene rings is 1. The summed E-state index contributed by atoms with van der Waals surface area (Å²) in [5.74, 6) is -0.379. The number of nitrogens with one attached hydrogen (secondary N) is 2. The number of carbonyl (C=O) groups is 2. The lowest BCUT2D eigenvalue weighted by molar-refractivity contribution is -0.130. The van der Waals surface area contributed by atoms with Crippen LogP contribution in [0.5, 0.6) is 0 Å². The minimum Gasteiger partial charge on any atom is -0.448 e. The summed E-state index contributed by atoms with van der Waals surface area (Å²) in [7, 11) is 0. The number of amides is 1. The summed E-state index contributed by atoms with van der Waals surface area (Å²) in [5, 5.41) is 9.83. The molecule has 1 fully saturated rings. The molecule has 0 radical (unpaired) electrons. The molecule has 0 saturated heterocycles. The van der Waals surface area contributed by atoms with Crippen molar-refractivity contribution in [2.75, 3.05) is 0 Å². The SMILES string of the molecule is C[C@@H](OC(=O)c1cc(-c2ccccc2)n[nH]1)C(=O)N[C@@H]1CCCC[C@@H]1C. The van der Waals surface area contributed by atoms with Crippen molar-refractivity contribution in [3.8, 4) is 11.3 Å². The highest BCUT2D eigenvalue weighted by atomic mass is 16.5. The van der Waals surface area contributed by atoms with Gasteiger partial charge in [0.15, 0.2) is 6.10 Å². The van der Waals surface area contributed by atoms with Crippen molar-refractivity contribution in [1.82, 2.24) is 15.5 Å². The number of aromatic amines is 1. The lowest BCUT2D eigenvalue weighted by atomic mass is 9.86. The van der Waals surface area contributed by atoms with Gasteiger partial charge in [-0.1, -0.05) is 50.1 Å². The second-order valence-corrected chi connectivity index (χ2v) is 6.96. The second-order valence-electron chi connectivity index (χ2n) is 6.96. The van der Waals surface area contributed by atoms with E-state index in [1.54, 1.807) is 13.0 Å². The van der Waals surface area contributed by atoms with Gasteiger partial charge in [0.1, 0.15) is 5.69 Å². The molecule has 0 bridgehead atoms. The molecule has 3 atom stereocenters. The first-order valence-corrected chi connectivity index (χ1v) is 9.17. The molecule has 1 aliphatic carbocycles. The number of rotatable bonds is 5. The zero-order valence-corrected chi connectivity index (χ0v) is 15.2. The minimum atomic E-state index is -0.847. The van der Waals surface area contributed by atoms with E-state index in [4.69, 9.17) is 4.74 Å². The predicted molar refractivity (Wildman–Crippen MR) is 98.5 cm³/mol. The first-order valence-electron chi connectivity index (χ1n) is 9.17. The van der Waals surface area contributed by atoms with Gasteiger partial charge in [0.2, 0.25) is 0 Å². The van der Waals surface area contributed by atoms with Gasteiger partial charge in [0.25, 0.3) is 5.91 Å². The molecule has 26 heavy (non-hydrogen) atoms. The lowest BCUT2D eigenvalue weighted by Crippen LogP contribution is -2.46. The molecule has 1 aliphatic rings. The number of H-pyrrole nitrogens is 1. The van der Waals surface area contributed by atoms with Gasteiger partial charge in [-0.3, -0.25) is 9.89 Å². The topological polar surface area (TPSA) is 84.1 Å². The number of ether oxygens (including phenoxy) is 1. The fourth-order valence-corrected chi connectivity index (χ4v) is 3.29.